The molecule has 2 N–H and O–H groups in total. The maximum absolute atomic E-state index is 5.41. The highest BCUT2D eigenvalue weighted by Crippen LogP contribution is 1.99. The molecule has 0 bridgehead atoms. The Hall–Kier alpha value is -0.850. The summed E-state index contributed by atoms with van der Waals surface area (Å²) >= 11 is 0. The lowest BCUT2D eigenvalue weighted by Gasteiger charge is -2.21. The van der Waals surface area contributed by atoms with Crippen LogP contribution in [0.25, 0.3) is 0 Å². The van der Waals surface area contributed by atoms with Gasteiger partial charge in [0.05, 0.1) is 19.8 Å². The molecule has 0 aliphatic carbocycles. The van der Waals surface area contributed by atoms with Crippen LogP contribution in [-0.4, -0.2) is 77.1 Å². The normalized spacial score (nSPS) is 13.5. The maximum atomic E-state index is 5.41. The second kappa shape index (κ2) is 15.1. The van der Waals surface area contributed by atoms with E-state index in [2.05, 4.69) is 41.3 Å². The van der Waals surface area contributed by atoms with Gasteiger partial charge in [-0.15, -0.1) is 0 Å². The molecule has 1 unspecified atom stereocenters. The topological polar surface area (TPSA) is 58.1 Å². The van der Waals surface area contributed by atoms with Gasteiger partial charge < -0.3 is 25.0 Å². The maximum Gasteiger partial charge on any atom is 0.191 e. The van der Waals surface area contributed by atoms with Crippen molar-refractivity contribution in [1.29, 1.82) is 0 Å². The van der Waals surface area contributed by atoms with E-state index in [4.69, 9.17) is 9.47 Å². The molecule has 0 radical (unpaired) electrons. The Morgan fingerprint density at radius 3 is 2.50 bits per heavy atom. The fourth-order valence-electron chi connectivity index (χ4n) is 2.15. The number of methoxy groups -OCH3 is 1. The third-order valence-corrected chi connectivity index (χ3v) is 3.58. The van der Waals surface area contributed by atoms with E-state index in [0.717, 1.165) is 32.0 Å². The van der Waals surface area contributed by atoms with Crippen molar-refractivity contribution < 1.29 is 9.47 Å². The summed E-state index contributed by atoms with van der Waals surface area (Å²) in [6.07, 6.45) is 2.34. The third kappa shape index (κ3) is 11.8. The number of hydrogen-bond acceptors (Lipinski definition) is 4. The second-order valence-corrected chi connectivity index (χ2v) is 5.32. The van der Waals surface area contributed by atoms with Gasteiger partial charge >= 0.3 is 0 Å². The first kappa shape index (κ1) is 21.1. The van der Waals surface area contributed by atoms with E-state index in [1.54, 1.807) is 14.2 Å². The highest BCUT2D eigenvalue weighted by atomic mass is 16.5. The molecule has 0 amide bonds. The van der Waals surface area contributed by atoms with Crippen LogP contribution in [0.2, 0.25) is 0 Å². The molecule has 0 aliphatic rings. The summed E-state index contributed by atoms with van der Waals surface area (Å²) < 4.78 is 10.3. The summed E-state index contributed by atoms with van der Waals surface area (Å²) in [4.78, 5) is 6.70. The van der Waals surface area contributed by atoms with Crippen molar-refractivity contribution in [3.8, 4) is 0 Å². The van der Waals surface area contributed by atoms with Gasteiger partial charge in [0.2, 0.25) is 0 Å². The van der Waals surface area contributed by atoms with Gasteiger partial charge in [-0.25, -0.2) is 0 Å². The van der Waals surface area contributed by atoms with Gasteiger partial charge in [0.15, 0.2) is 5.96 Å². The number of aliphatic imine (C=N–C) groups is 1. The average molecular weight is 316 g/mol. The predicted octanol–water partition coefficient (Wildman–Crippen LogP) is 1.32. The first-order valence-corrected chi connectivity index (χ1v) is 8.44. The molecule has 0 saturated heterocycles. The summed E-state index contributed by atoms with van der Waals surface area (Å²) in [5.74, 6) is 0.839. The fraction of sp³-hybridized carbons (Fsp3) is 0.938. The Balaban J connectivity index is 3.73. The molecule has 0 aromatic rings. The quantitative estimate of drug-likeness (QED) is 0.305. The van der Waals surface area contributed by atoms with Crippen molar-refractivity contribution in [2.75, 3.05) is 60.2 Å². The van der Waals surface area contributed by atoms with Crippen LogP contribution in [0.5, 0.6) is 0 Å². The highest BCUT2D eigenvalue weighted by molar-refractivity contribution is 5.79. The molecular formula is C16H36N4O2. The number of guanidine groups is 1. The first-order chi connectivity index (χ1) is 10.7. The zero-order valence-electron chi connectivity index (χ0n) is 15.2. The van der Waals surface area contributed by atoms with Crippen LogP contribution >= 0.6 is 0 Å². The third-order valence-electron chi connectivity index (χ3n) is 3.58. The first-order valence-electron chi connectivity index (χ1n) is 8.44. The largest absolute Gasteiger partial charge is 0.382 e. The summed E-state index contributed by atoms with van der Waals surface area (Å²) in [7, 11) is 3.47. The van der Waals surface area contributed by atoms with E-state index < -0.39 is 0 Å². The molecule has 6 heteroatoms. The van der Waals surface area contributed by atoms with Crippen molar-refractivity contribution in [2.24, 2.45) is 4.99 Å². The van der Waals surface area contributed by atoms with Crippen LogP contribution in [0.3, 0.4) is 0 Å². The van der Waals surface area contributed by atoms with Gasteiger partial charge in [0, 0.05) is 26.7 Å². The molecule has 6 nitrogen and oxygen atoms in total. The van der Waals surface area contributed by atoms with E-state index in [9.17, 15) is 0 Å². The van der Waals surface area contributed by atoms with E-state index in [1.807, 2.05) is 0 Å². The Morgan fingerprint density at radius 2 is 1.91 bits per heavy atom. The molecule has 0 heterocycles. The minimum absolute atomic E-state index is 0.413. The summed E-state index contributed by atoms with van der Waals surface area (Å²) in [5, 5.41) is 6.68. The van der Waals surface area contributed by atoms with Crippen LogP contribution in [0, 0.1) is 0 Å². The zero-order chi connectivity index (χ0) is 16.6. The SMILES string of the molecule is CCN(CC)CCCC(C)NC(=NC)NCCOCCOC. The minimum atomic E-state index is 0.413. The molecular weight excluding hydrogens is 280 g/mol. The number of nitrogens with one attached hydrogen (secondary N) is 2. The summed E-state index contributed by atoms with van der Waals surface area (Å²) in [6, 6.07) is 0.413. The summed E-state index contributed by atoms with van der Waals surface area (Å²) in [6.45, 7) is 12.7. The van der Waals surface area contributed by atoms with Crippen molar-refractivity contribution >= 4 is 5.96 Å². The monoisotopic (exact) mass is 316 g/mol. The summed E-state index contributed by atoms with van der Waals surface area (Å²) in [5.41, 5.74) is 0. The Bertz CT molecular complexity index is 271. The van der Waals surface area contributed by atoms with Gasteiger partial charge in [-0.3, -0.25) is 4.99 Å². The van der Waals surface area contributed by atoms with Gasteiger partial charge in [-0.2, -0.15) is 0 Å². The van der Waals surface area contributed by atoms with E-state index in [1.165, 1.54) is 13.0 Å². The van der Waals surface area contributed by atoms with E-state index >= 15 is 0 Å². The minimum Gasteiger partial charge on any atom is -0.382 e. The Morgan fingerprint density at radius 1 is 1.18 bits per heavy atom. The smallest absolute Gasteiger partial charge is 0.191 e. The number of hydrogen-bond donors (Lipinski definition) is 2. The molecule has 0 spiro atoms. The average Bonchev–Trinajstić information content (AvgIpc) is 2.53. The fourth-order valence-corrected chi connectivity index (χ4v) is 2.15. The van der Waals surface area contributed by atoms with Gasteiger partial charge in [-0.1, -0.05) is 13.8 Å². The molecule has 132 valence electrons. The molecule has 0 aromatic carbocycles. The van der Waals surface area contributed by atoms with Crippen molar-refractivity contribution in [1.82, 2.24) is 15.5 Å². The van der Waals surface area contributed by atoms with Crippen LogP contribution in [0.1, 0.15) is 33.6 Å². The Labute approximate surface area is 136 Å². The lowest BCUT2D eigenvalue weighted by molar-refractivity contribution is 0.0733. The van der Waals surface area contributed by atoms with Gasteiger partial charge in [0.1, 0.15) is 0 Å². The second-order valence-electron chi connectivity index (χ2n) is 5.32. The molecule has 0 saturated carbocycles. The molecule has 0 aromatic heterocycles. The van der Waals surface area contributed by atoms with Crippen molar-refractivity contribution in [3.63, 3.8) is 0 Å². The van der Waals surface area contributed by atoms with Crippen LogP contribution in [0.4, 0.5) is 0 Å². The molecule has 0 rings (SSSR count). The van der Waals surface area contributed by atoms with Crippen LogP contribution < -0.4 is 10.6 Å². The van der Waals surface area contributed by atoms with E-state index in [0.29, 0.717) is 25.9 Å². The predicted molar refractivity (Wildman–Crippen MR) is 93.7 cm³/mol. The number of ether oxygens (including phenoxy) is 2. The number of nitrogens with zero attached hydrogens (tertiary/aromatic N) is 2. The van der Waals surface area contributed by atoms with Crippen molar-refractivity contribution in [3.05, 3.63) is 0 Å². The van der Waals surface area contributed by atoms with Crippen LogP contribution in [-0.2, 0) is 9.47 Å². The van der Waals surface area contributed by atoms with Crippen LogP contribution in [0.15, 0.2) is 4.99 Å². The molecule has 1 atom stereocenters. The van der Waals surface area contributed by atoms with E-state index in [-0.39, 0.29) is 0 Å². The lowest BCUT2D eigenvalue weighted by Crippen LogP contribution is -2.43. The standard InChI is InChI=1S/C16H36N4O2/c1-6-20(7-2)11-8-9-15(3)19-16(17-4)18-10-12-22-14-13-21-5/h15H,6-14H2,1-5H3,(H2,17,18,19). The van der Waals surface area contributed by atoms with Gasteiger partial charge in [-0.05, 0) is 39.4 Å². The number of rotatable bonds is 13. The van der Waals surface area contributed by atoms with Gasteiger partial charge in [0.25, 0.3) is 0 Å². The lowest BCUT2D eigenvalue weighted by atomic mass is 10.2. The van der Waals surface area contributed by atoms with Crippen molar-refractivity contribution in [2.45, 2.75) is 39.7 Å². The Kier molecular flexibility index (Phi) is 14.5. The molecule has 0 fully saturated rings. The molecule has 22 heavy (non-hydrogen) atoms. The molecule has 0 aliphatic heterocycles. The highest BCUT2D eigenvalue weighted by Gasteiger charge is 2.06. The zero-order valence-corrected chi connectivity index (χ0v) is 15.2.